The first-order valence-corrected chi connectivity index (χ1v) is 9.41. The van der Waals surface area contributed by atoms with Gasteiger partial charge in [0.1, 0.15) is 11.5 Å². The van der Waals surface area contributed by atoms with Crippen molar-refractivity contribution < 1.29 is 14.0 Å². The van der Waals surface area contributed by atoms with E-state index in [2.05, 4.69) is 4.90 Å². The van der Waals surface area contributed by atoms with E-state index in [9.17, 15) is 14.0 Å². The predicted molar refractivity (Wildman–Crippen MR) is 106 cm³/mol. The van der Waals surface area contributed by atoms with Crippen molar-refractivity contribution in [2.75, 3.05) is 38.1 Å². The molecule has 2 aromatic rings. The van der Waals surface area contributed by atoms with Crippen LogP contribution in [0.2, 0.25) is 5.02 Å². The number of carbonyl (C=O) groups excluding carboxylic acids is 2. The van der Waals surface area contributed by atoms with Gasteiger partial charge < -0.3 is 9.80 Å². The second-order valence-electron chi connectivity index (χ2n) is 6.95. The van der Waals surface area contributed by atoms with Crippen LogP contribution in [0.25, 0.3) is 5.57 Å². The fraction of sp³-hybridized carbons (Fsp3) is 0.238. The molecule has 7 heteroatoms. The average Bonchev–Trinajstić information content (AvgIpc) is 2.93. The number of piperazine rings is 1. The first kappa shape index (κ1) is 18.7. The van der Waals surface area contributed by atoms with Crippen LogP contribution in [0.1, 0.15) is 5.56 Å². The van der Waals surface area contributed by atoms with Crippen LogP contribution in [0.4, 0.5) is 10.1 Å². The third-order valence-corrected chi connectivity index (χ3v) is 5.31. The van der Waals surface area contributed by atoms with Crippen LogP contribution in [-0.4, -0.2) is 54.8 Å². The summed E-state index contributed by atoms with van der Waals surface area (Å²) in [6.07, 6.45) is 0. The number of nitrogens with zero attached hydrogens (tertiary/aromatic N) is 3. The van der Waals surface area contributed by atoms with E-state index in [4.69, 9.17) is 11.6 Å². The molecule has 0 unspecified atom stereocenters. The standard InChI is InChI=1S/C21H19ClFN3O2/c1-24-9-11-25(12-10-24)19-18(14-5-7-16(23)8-6-14)20(27)26(21(19)28)17-4-2-3-15(22)13-17/h2-8,13H,9-12H2,1H3. The number of benzene rings is 2. The summed E-state index contributed by atoms with van der Waals surface area (Å²) in [6, 6.07) is 12.3. The van der Waals surface area contributed by atoms with Crippen molar-refractivity contribution in [3.8, 4) is 0 Å². The third-order valence-electron chi connectivity index (χ3n) is 5.08. The Balaban J connectivity index is 1.81. The van der Waals surface area contributed by atoms with E-state index in [1.54, 1.807) is 24.3 Å². The molecule has 0 radical (unpaired) electrons. The smallest absolute Gasteiger partial charge is 0.282 e. The maximum absolute atomic E-state index is 13.4. The summed E-state index contributed by atoms with van der Waals surface area (Å²) < 4.78 is 13.4. The first-order chi connectivity index (χ1) is 13.5. The molecule has 2 aliphatic heterocycles. The second-order valence-corrected chi connectivity index (χ2v) is 7.38. The molecular weight excluding hydrogens is 381 g/mol. The van der Waals surface area contributed by atoms with Crippen molar-refractivity contribution in [3.63, 3.8) is 0 Å². The molecule has 0 atom stereocenters. The molecular formula is C21H19ClFN3O2. The lowest BCUT2D eigenvalue weighted by atomic mass is 10.0. The molecule has 0 bridgehead atoms. The summed E-state index contributed by atoms with van der Waals surface area (Å²) in [7, 11) is 2.02. The number of amides is 2. The number of likely N-dealkylation sites (N-methyl/N-ethyl adjacent to an activating group) is 1. The zero-order valence-electron chi connectivity index (χ0n) is 15.4. The molecule has 0 spiro atoms. The zero-order valence-corrected chi connectivity index (χ0v) is 16.1. The van der Waals surface area contributed by atoms with Crippen LogP contribution in [0, 0.1) is 5.82 Å². The molecule has 4 rings (SSSR count). The molecule has 0 saturated carbocycles. The van der Waals surface area contributed by atoms with E-state index in [0.29, 0.717) is 40.6 Å². The first-order valence-electron chi connectivity index (χ1n) is 9.04. The van der Waals surface area contributed by atoms with Crippen LogP contribution in [0.5, 0.6) is 0 Å². The van der Waals surface area contributed by atoms with Gasteiger partial charge in [-0.05, 0) is 42.9 Å². The Morgan fingerprint density at radius 1 is 0.929 bits per heavy atom. The van der Waals surface area contributed by atoms with Crippen molar-refractivity contribution in [1.82, 2.24) is 9.80 Å². The Bertz CT molecular complexity index is 966. The highest BCUT2D eigenvalue weighted by atomic mass is 35.5. The summed E-state index contributed by atoms with van der Waals surface area (Å²) in [5, 5.41) is 0.439. The molecule has 0 aromatic heterocycles. The number of carbonyl (C=O) groups is 2. The Morgan fingerprint density at radius 2 is 1.61 bits per heavy atom. The minimum Gasteiger partial charge on any atom is -0.364 e. The quantitative estimate of drug-likeness (QED) is 0.744. The molecule has 2 aliphatic rings. The van der Waals surface area contributed by atoms with E-state index in [0.717, 1.165) is 18.0 Å². The molecule has 5 nitrogen and oxygen atoms in total. The lowest BCUT2D eigenvalue weighted by molar-refractivity contribution is -0.120. The number of anilines is 1. The van der Waals surface area contributed by atoms with E-state index < -0.39 is 11.7 Å². The van der Waals surface area contributed by atoms with Gasteiger partial charge in [-0.3, -0.25) is 9.59 Å². The molecule has 144 valence electrons. The number of hydrogen-bond acceptors (Lipinski definition) is 4. The van der Waals surface area contributed by atoms with Gasteiger partial charge in [-0.2, -0.15) is 0 Å². The molecule has 0 N–H and O–H groups in total. The summed E-state index contributed by atoms with van der Waals surface area (Å²) in [5.74, 6) is -1.20. The molecule has 1 fully saturated rings. The highest BCUT2D eigenvalue weighted by Gasteiger charge is 2.42. The minimum atomic E-state index is -0.423. The van der Waals surface area contributed by atoms with Crippen molar-refractivity contribution >= 4 is 34.7 Å². The number of hydrogen-bond donors (Lipinski definition) is 0. The summed E-state index contributed by atoms with van der Waals surface area (Å²) in [5.41, 5.74) is 1.61. The topological polar surface area (TPSA) is 43.9 Å². The fourth-order valence-electron chi connectivity index (χ4n) is 3.57. The number of imide groups is 1. The Morgan fingerprint density at radius 3 is 2.25 bits per heavy atom. The van der Waals surface area contributed by atoms with Crippen LogP contribution in [0.15, 0.2) is 54.2 Å². The Kier molecular flexibility index (Phi) is 4.91. The van der Waals surface area contributed by atoms with Gasteiger partial charge in [0.05, 0.1) is 11.3 Å². The minimum absolute atomic E-state index is 0.300. The van der Waals surface area contributed by atoms with E-state index >= 15 is 0 Å². The average molecular weight is 400 g/mol. The number of rotatable bonds is 3. The summed E-state index contributed by atoms with van der Waals surface area (Å²) >= 11 is 6.07. The normalized spacial score (nSPS) is 18.4. The van der Waals surface area contributed by atoms with Crippen LogP contribution in [0.3, 0.4) is 0 Å². The van der Waals surface area contributed by atoms with Gasteiger partial charge in [0.15, 0.2) is 0 Å². The molecule has 1 saturated heterocycles. The molecule has 2 amide bonds. The van der Waals surface area contributed by atoms with Gasteiger partial charge >= 0.3 is 0 Å². The maximum atomic E-state index is 13.4. The molecule has 0 aliphatic carbocycles. The monoisotopic (exact) mass is 399 g/mol. The predicted octanol–water partition coefficient (Wildman–Crippen LogP) is 3.01. The van der Waals surface area contributed by atoms with Crippen molar-refractivity contribution in [2.45, 2.75) is 0 Å². The van der Waals surface area contributed by atoms with Crippen molar-refractivity contribution in [1.29, 1.82) is 0 Å². The highest BCUT2D eigenvalue weighted by molar-refractivity contribution is 6.45. The van der Waals surface area contributed by atoms with Gasteiger partial charge in [-0.25, -0.2) is 9.29 Å². The fourth-order valence-corrected chi connectivity index (χ4v) is 3.75. The Hall–Kier alpha value is -2.70. The molecule has 2 heterocycles. The highest BCUT2D eigenvalue weighted by Crippen LogP contribution is 2.35. The van der Waals surface area contributed by atoms with Gasteiger partial charge in [0.25, 0.3) is 11.8 Å². The largest absolute Gasteiger partial charge is 0.364 e. The molecule has 28 heavy (non-hydrogen) atoms. The summed E-state index contributed by atoms with van der Waals surface area (Å²) in [4.78, 5) is 31.9. The van der Waals surface area contributed by atoms with Gasteiger partial charge in [0.2, 0.25) is 0 Å². The van der Waals surface area contributed by atoms with E-state index in [1.165, 1.54) is 24.3 Å². The third kappa shape index (κ3) is 3.30. The van der Waals surface area contributed by atoms with Crippen LogP contribution in [-0.2, 0) is 9.59 Å². The van der Waals surface area contributed by atoms with Gasteiger partial charge in [0, 0.05) is 31.2 Å². The molecule has 2 aromatic carbocycles. The van der Waals surface area contributed by atoms with Crippen LogP contribution >= 0.6 is 11.6 Å². The number of halogens is 2. The van der Waals surface area contributed by atoms with Gasteiger partial charge in [-0.1, -0.05) is 29.8 Å². The second kappa shape index (κ2) is 7.37. The van der Waals surface area contributed by atoms with E-state index in [1.807, 2.05) is 11.9 Å². The lowest BCUT2D eigenvalue weighted by Crippen LogP contribution is -2.46. The zero-order chi connectivity index (χ0) is 19.8. The van der Waals surface area contributed by atoms with Crippen molar-refractivity contribution in [3.05, 3.63) is 70.6 Å². The lowest BCUT2D eigenvalue weighted by Gasteiger charge is -2.34. The van der Waals surface area contributed by atoms with Crippen LogP contribution < -0.4 is 4.90 Å². The SMILES string of the molecule is CN1CCN(C2=C(c3ccc(F)cc3)C(=O)N(c3cccc(Cl)c3)C2=O)CC1. The van der Waals surface area contributed by atoms with Crippen molar-refractivity contribution in [2.24, 2.45) is 0 Å². The summed E-state index contributed by atoms with van der Waals surface area (Å²) in [6.45, 7) is 2.86. The van der Waals surface area contributed by atoms with Gasteiger partial charge in [-0.15, -0.1) is 0 Å². The van der Waals surface area contributed by atoms with E-state index in [-0.39, 0.29) is 5.91 Å². The Labute approximate surface area is 167 Å². The maximum Gasteiger partial charge on any atom is 0.282 e.